The van der Waals surface area contributed by atoms with Crippen molar-refractivity contribution in [2.75, 3.05) is 25.9 Å². The molecule has 0 amide bonds. The van der Waals surface area contributed by atoms with Crippen LogP contribution >= 0.6 is 0 Å². The molecule has 0 aromatic heterocycles. The highest BCUT2D eigenvalue weighted by Gasteiger charge is 1.96. The number of sulfonamides is 1. The summed E-state index contributed by atoms with van der Waals surface area (Å²) in [6.07, 6.45) is 5.07. The average Bonchev–Trinajstić information content (AvgIpc) is 1.94. The van der Waals surface area contributed by atoms with Crippen LogP contribution in [-0.4, -0.2) is 34.3 Å². The van der Waals surface area contributed by atoms with Crippen LogP contribution < -0.4 is 10.0 Å². The zero-order chi connectivity index (χ0) is 9.45. The summed E-state index contributed by atoms with van der Waals surface area (Å²) < 4.78 is 23.5. The predicted molar refractivity (Wildman–Crippen MR) is 50.5 cm³/mol. The van der Waals surface area contributed by atoms with Crippen molar-refractivity contribution in [1.29, 1.82) is 0 Å². The molecule has 0 aromatic rings. The number of nitrogens with one attached hydrogen (secondary N) is 2. The average molecular weight is 192 g/mol. The van der Waals surface area contributed by atoms with Crippen LogP contribution in [0.5, 0.6) is 0 Å². The second-order valence-corrected chi connectivity index (χ2v) is 4.27. The van der Waals surface area contributed by atoms with Crippen molar-refractivity contribution in [2.24, 2.45) is 0 Å². The van der Waals surface area contributed by atoms with Crippen LogP contribution in [0.3, 0.4) is 0 Å². The maximum atomic E-state index is 10.6. The van der Waals surface area contributed by atoms with Gasteiger partial charge in [-0.1, -0.05) is 12.2 Å². The molecule has 0 bridgehead atoms. The molecule has 4 nitrogen and oxygen atoms in total. The predicted octanol–water partition coefficient (Wildman–Crippen LogP) is -0.299. The lowest BCUT2D eigenvalue weighted by Crippen LogP contribution is -2.31. The van der Waals surface area contributed by atoms with Gasteiger partial charge in [0.2, 0.25) is 10.0 Å². The Kier molecular flexibility index (Phi) is 5.96. The van der Waals surface area contributed by atoms with E-state index in [0.29, 0.717) is 13.1 Å². The Morgan fingerprint density at radius 2 is 2.00 bits per heavy atom. The molecule has 0 aliphatic carbocycles. The minimum atomic E-state index is -3.02. The van der Waals surface area contributed by atoms with Gasteiger partial charge in [-0.25, -0.2) is 13.1 Å². The number of hydrogen-bond acceptors (Lipinski definition) is 3. The topological polar surface area (TPSA) is 58.2 Å². The summed E-state index contributed by atoms with van der Waals surface area (Å²) in [6.45, 7) is 3.81. The summed E-state index contributed by atoms with van der Waals surface area (Å²) in [5.74, 6) is 0. The van der Waals surface area contributed by atoms with E-state index in [1.165, 1.54) is 0 Å². The maximum absolute atomic E-state index is 10.6. The van der Waals surface area contributed by atoms with E-state index in [2.05, 4.69) is 10.0 Å². The zero-order valence-electron chi connectivity index (χ0n) is 7.50. The Labute approximate surface area is 74.1 Å². The van der Waals surface area contributed by atoms with Crippen LogP contribution in [0, 0.1) is 0 Å². The van der Waals surface area contributed by atoms with Gasteiger partial charge < -0.3 is 5.32 Å². The molecule has 12 heavy (non-hydrogen) atoms. The van der Waals surface area contributed by atoms with Crippen molar-refractivity contribution in [3.8, 4) is 0 Å². The number of allylic oxidation sites excluding steroid dienone is 1. The monoisotopic (exact) mass is 192 g/mol. The van der Waals surface area contributed by atoms with Gasteiger partial charge in [0.15, 0.2) is 0 Å². The van der Waals surface area contributed by atoms with Crippen LogP contribution in [0.15, 0.2) is 12.2 Å². The molecule has 0 atom stereocenters. The fraction of sp³-hybridized carbons (Fsp3) is 0.714. The van der Waals surface area contributed by atoms with E-state index in [0.717, 1.165) is 12.8 Å². The summed E-state index contributed by atoms with van der Waals surface area (Å²) in [6, 6.07) is 0. The normalized spacial score (nSPS) is 12.5. The van der Waals surface area contributed by atoms with Gasteiger partial charge in [-0.15, -0.1) is 0 Å². The fourth-order valence-corrected chi connectivity index (χ4v) is 1.10. The third-order valence-corrected chi connectivity index (χ3v) is 1.89. The van der Waals surface area contributed by atoms with Gasteiger partial charge in [-0.2, -0.15) is 0 Å². The fourth-order valence-electron chi connectivity index (χ4n) is 0.628. The third kappa shape index (κ3) is 9.61. The Hall–Kier alpha value is -0.390. The van der Waals surface area contributed by atoms with E-state index in [4.69, 9.17) is 0 Å². The lowest BCUT2D eigenvalue weighted by Gasteiger charge is -2.01. The summed E-state index contributed by atoms with van der Waals surface area (Å²) in [4.78, 5) is 0. The van der Waals surface area contributed by atoms with Gasteiger partial charge >= 0.3 is 0 Å². The molecular weight excluding hydrogens is 176 g/mol. The van der Waals surface area contributed by atoms with Gasteiger partial charge in [0.25, 0.3) is 0 Å². The van der Waals surface area contributed by atoms with E-state index >= 15 is 0 Å². The third-order valence-electron chi connectivity index (χ3n) is 1.16. The molecule has 0 aliphatic rings. The Bertz CT molecular complexity index is 222. The van der Waals surface area contributed by atoms with E-state index in [9.17, 15) is 8.42 Å². The van der Waals surface area contributed by atoms with E-state index in [1.54, 1.807) is 0 Å². The standard InChI is InChI=1S/C7H16N2O2S/c1-3-4-5-8-6-7-9-12(2,10)11/h3-4,8-9H,5-7H2,1-2H3/b4-3+. The molecule has 0 saturated carbocycles. The van der Waals surface area contributed by atoms with Gasteiger partial charge in [-0.3, -0.25) is 0 Å². The van der Waals surface area contributed by atoms with Crippen LogP contribution in [0.1, 0.15) is 6.92 Å². The van der Waals surface area contributed by atoms with Crippen LogP contribution in [-0.2, 0) is 10.0 Å². The Morgan fingerprint density at radius 1 is 1.33 bits per heavy atom. The van der Waals surface area contributed by atoms with Gasteiger partial charge in [0.1, 0.15) is 0 Å². The molecule has 72 valence electrons. The van der Waals surface area contributed by atoms with E-state index in [-0.39, 0.29) is 0 Å². The van der Waals surface area contributed by atoms with Gasteiger partial charge in [0, 0.05) is 19.6 Å². The first-order valence-corrected chi connectivity index (χ1v) is 5.72. The van der Waals surface area contributed by atoms with Gasteiger partial charge in [-0.05, 0) is 6.92 Å². The molecule has 0 heterocycles. The zero-order valence-corrected chi connectivity index (χ0v) is 8.32. The summed E-state index contributed by atoms with van der Waals surface area (Å²) >= 11 is 0. The molecule has 0 aromatic carbocycles. The van der Waals surface area contributed by atoms with Crippen LogP contribution in [0.25, 0.3) is 0 Å². The summed E-state index contributed by atoms with van der Waals surface area (Å²) in [5, 5.41) is 3.05. The summed E-state index contributed by atoms with van der Waals surface area (Å²) in [7, 11) is -3.02. The first-order chi connectivity index (χ1) is 5.56. The first-order valence-electron chi connectivity index (χ1n) is 3.83. The van der Waals surface area contributed by atoms with Crippen molar-refractivity contribution >= 4 is 10.0 Å². The van der Waals surface area contributed by atoms with E-state index < -0.39 is 10.0 Å². The van der Waals surface area contributed by atoms with Crippen molar-refractivity contribution in [2.45, 2.75) is 6.92 Å². The van der Waals surface area contributed by atoms with E-state index in [1.807, 2.05) is 19.1 Å². The molecule has 0 spiro atoms. The molecule has 5 heteroatoms. The lowest BCUT2D eigenvalue weighted by molar-refractivity contribution is 0.584. The summed E-state index contributed by atoms with van der Waals surface area (Å²) in [5.41, 5.74) is 0. The number of rotatable bonds is 6. The smallest absolute Gasteiger partial charge is 0.208 e. The molecule has 0 unspecified atom stereocenters. The van der Waals surface area contributed by atoms with Crippen molar-refractivity contribution in [1.82, 2.24) is 10.0 Å². The molecule has 2 N–H and O–H groups in total. The SMILES string of the molecule is C/C=C/CNCCNS(C)(=O)=O. The Morgan fingerprint density at radius 3 is 2.50 bits per heavy atom. The van der Waals surface area contributed by atoms with Gasteiger partial charge in [0.05, 0.1) is 6.26 Å². The minimum absolute atomic E-state index is 0.441. The maximum Gasteiger partial charge on any atom is 0.208 e. The highest BCUT2D eigenvalue weighted by atomic mass is 32.2. The largest absolute Gasteiger partial charge is 0.312 e. The molecule has 0 saturated heterocycles. The van der Waals surface area contributed by atoms with Crippen molar-refractivity contribution < 1.29 is 8.42 Å². The molecule has 0 radical (unpaired) electrons. The highest BCUT2D eigenvalue weighted by Crippen LogP contribution is 1.71. The second kappa shape index (κ2) is 6.16. The van der Waals surface area contributed by atoms with Crippen molar-refractivity contribution in [3.05, 3.63) is 12.2 Å². The minimum Gasteiger partial charge on any atom is -0.312 e. The lowest BCUT2D eigenvalue weighted by atomic mass is 10.5. The molecule has 0 rings (SSSR count). The van der Waals surface area contributed by atoms with Crippen LogP contribution in [0.4, 0.5) is 0 Å². The number of hydrogen-bond donors (Lipinski definition) is 2. The molecule has 0 fully saturated rings. The molecule has 0 aliphatic heterocycles. The Balaban J connectivity index is 3.23. The molecular formula is C7H16N2O2S. The quantitative estimate of drug-likeness (QED) is 0.449. The first kappa shape index (κ1) is 11.6. The highest BCUT2D eigenvalue weighted by molar-refractivity contribution is 7.88. The van der Waals surface area contributed by atoms with Crippen molar-refractivity contribution in [3.63, 3.8) is 0 Å². The second-order valence-electron chi connectivity index (χ2n) is 2.44. The van der Waals surface area contributed by atoms with Crippen LogP contribution in [0.2, 0.25) is 0 Å².